The van der Waals surface area contributed by atoms with Gasteiger partial charge in [0.15, 0.2) is 17.0 Å². The molecule has 5 N–H and O–H groups in total. The summed E-state index contributed by atoms with van der Waals surface area (Å²) in [7, 11) is 0. The molecule has 2 aliphatic carbocycles. The Balaban J connectivity index is 1.76. The van der Waals surface area contributed by atoms with Gasteiger partial charge in [-0.1, -0.05) is 12.2 Å². The Morgan fingerprint density at radius 3 is 2.82 bits per heavy atom. The number of nitrogen functional groups attached to an aromatic ring is 1. The van der Waals surface area contributed by atoms with Crippen LogP contribution in [-0.4, -0.2) is 48.5 Å². The van der Waals surface area contributed by atoms with Crippen LogP contribution in [-0.2, 0) is 0 Å². The fourth-order valence-corrected chi connectivity index (χ4v) is 2.84. The summed E-state index contributed by atoms with van der Waals surface area (Å²) in [5, 5.41) is 22.9. The molecule has 0 saturated heterocycles. The number of hydrogen-bond donors (Lipinski definition) is 4. The maximum atomic E-state index is 10.3. The van der Waals surface area contributed by atoms with Crippen LogP contribution in [0.3, 0.4) is 0 Å². The molecule has 3 atom stereocenters. The lowest BCUT2D eigenvalue weighted by molar-refractivity contribution is 0.0756. The summed E-state index contributed by atoms with van der Waals surface area (Å²) in [4.78, 5) is 12.9. The Morgan fingerprint density at radius 1 is 1.32 bits per heavy atom. The molecule has 1 unspecified atom stereocenters. The number of nitrogens with zero attached hydrogens (tertiary/aromatic N) is 4. The number of anilines is 2. The quantitative estimate of drug-likeness (QED) is 0.589. The standard InChI is InChI=1S/C14H18N6O2/c15-14-18-12(17-8-2-3-8)10-13(19-14)20(6-16-10)9-4-1-7(5-21)11(9)22/h1,4,6-9,11,21-22H,2-3,5H2,(H3,15,17,18,19)/t7-,9-,11?/m0/s1. The molecule has 0 radical (unpaired) electrons. The van der Waals surface area contributed by atoms with Gasteiger partial charge in [-0.25, -0.2) is 4.98 Å². The third kappa shape index (κ3) is 2.11. The van der Waals surface area contributed by atoms with Crippen molar-refractivity contribution in [2.24, 2.45) is 5.92 Å². The van der Waals surface area contributed by atoms with E-state index in [-0.39, 0.29) is 24.5 Å². The summed E-state index contributed by atoms with van der Waals surface area (Å²) < 4.78 is 1.78. The molecule has 1 saturated carbocycles. The van der Waals surface area contributed by atoms with Crippen LogP contribution >= 0.6 is 0 Å². The molecule has 2 heterocycles. The van der Waals surface area contributed by atoms with Gasteiger partial charge in [0.2, 0.25) is 5.95 Å². The first-order valence-corrected chi connectivity index (χ1v) is 7.41. The molecular weight excluding hydrogens is 284 g/mol. The first kappa shape index (κ1) is 13.5. The molecule has 116 valence electrons. The maximum Gasteiger partial charge on any atom is 0.224 e. The number of imidazole rings is 1. The molecule has 0 amide bonds. The highest BCUT2D eigenvalue weighted by Crippen LogP contribution is 2.33. The zero-order chi connectivity index (χ0) is 15.3. The number of fused-ring (bicyclic) bond motifs is 1. The molecular formula is C14H18N6O2. The Kier molecular flexibility index (Phi) is 3.02. The summed E-state index contributed by atoms with van der Waals surface area (Å²) in [6.45, 7) is -0.0909. The van der Waals surface area contributed by atoms with E-state index in [9.17, 15) is 10.2 Å². The van der Waals surface area contributed by atoms with Crippen LogP contribution in [0.5, 0.6) is 0 Å². The van der Waals surface area contributed by atoms with Crippen LogP contribution in [0.2, 0.25) is 0 Å². The third-order valence-electron chi connectivity index (χ3n) is 4.23. The smallest absolute Gasteiger partial charge is 0.224 e. The van der Waals surface area contributed by atoms with E-state index in [1.54, 1.807) is 10.9 Å². The van der Waals surface area contributed by atoms with E-state index >= 15 is 0 Å². The zero-order valence-corrected chi connectivity index (χ0v) is 11.9. The SMILES string of the molecule is Nc1nc(NC2CC2)c2ncn([C@H]3C=C[C@@H](CO)C3O)c2n1. The number of hydrogen-bond acceptors (Lipinski definition) is 7. The lowest BCUT2D eigenvalue weighted by Crippen LogP contribution is -2.26. The average Bonchev–Trinajstić information content (AvgIpc) is 3.09. The molecule has 1 fully saturated rings. The van der Waals surface area contributed by atoms with E-state index in [1.165, 1.54) is 0 Å². The summed E-state index contributed by atoms with van der Waals surface area (Å²) in [6, 6.07) is 0.114. The minimum atomic E-state index is -0.710. The minimum Gasteiger partial charge on any atom is -0.396 e. The summed E-state index contributed by atoms with van der Waals surface area (Å²) in [5.74, 6) is 0.539. The Morgan fingerprint density at radius 2 is 2.14 bits per heavy atom. The number of aliphatic hydroxyl groups is 2. The third-order valence-corrected chi connectivity index (χ3v) is 4.23. The largest absolute Gasteiger partial charge is 0.396 e. The van der Waals surface area contributed by atoms with E-state index in [4.69, 9.17) is 5.73 Å². The van der Waals surface area contributed by atoms with Gasteiger partial charge in [0, 0.05) is 12.0 Å². The maximum absolute atomic E-state index is 10.3. The molecule has 2 aromatic heterocycles. The van der Waals surface area contributed by atoms with Crippen molar-refractivity contribution in [1.29, 1.82) is 0 Å². The van der Waals surface area contributed by atoms with E-state index in [2.05, 4.69) is 20.3 Å². The second-order valence-corrected chi connectivity index (χ2v) is 5.89. The van der Waals surface area contributed by atoms with Gasteiger partial charge in [-0.2, -0.15) is 9.97 Å². The van der Waals surface area contributed by atoms with Crippen molar-refractivity contribution < 1.29 is 10.2 Å². The molecule has 0 spiro atoms. The molecule has 22 heavy (non-hydrogen) atoms. The normalized spacial score (nSPS) is 27.6. The number of aliphatic hydroxyl groups excluding tert-OH is 2. The first-order valence-electron chi connectivity index (χ1n) is 7.41. The van der Waals surface area contributed by atoms with E-state index in [1.807, 2.05) is 12.2 Å². The van der Waals surface area contributed by atoms with E-state index < -0.39 is 6.10 Å². The van der Waals surface area contributed by atoms with Gasteiger partial charge in [-0.15, -0.1) is 0 Å². The van der Waals surface area contributed by atoms with Crippen molar-refractivity contribution in [2.75, 3.05) is 17.7 Å². The number of nitrogens with one attached hydrogen (secondary N) is 1. The second kappa shape index (κ2) is 4.92. The number of nitrogens with two attached hydrogens (primary N) is 1. The summed E-state index contributed by atoms with van der Waals surface area (Å²) in [6.07, 6.45) is 6.84. The molecule has 0 aromatic carbocycles. The molecule has 2 aromatic rings. The molecule has 0 bridgehead atoms. The van der Waals surface area contributed by atoms with Gasteiger partial charge in [0.25, 0.3) is 0 Å². The van der Waals surface area contributed by atoms with Crippen molar-refractivity contribution in [2.45, 2.75) is 31.0 Å². The summed E-state index contributed by atoms with van der Waals surface area (Å²) in [5.41, 5.74) is 7.05. The lowest BCUT2D eigenvalue weighted by Gasteiger charge is -2.20. The molecule has 8 nitrogen and oxygen atoms in total. The van der Waals surface area contributed by atoms with Gasteiger partial charge in [0.05, 0.1) is 25.1 Å². The minimum absolute atomic E-state index is 0.0909. The van der Waals surface area contributed by atoms with Crippen LogP contribution in [0.4, 0.5) is 11.8 Å². The van der Waals surface area contributed by atoms with Crippen LogP contribution in [0.1, 0.15) is 18.9 Å². The van der Waals surface area contributed by atoms with Gasteiger partial charge < -0.3 is 25.8 Å². The highest BCUT2D eigenvalue weighted by Gasteiger charge is 2.32. The summed E-state index contributed by atoms with van der Waals surface area (Å²) >= 11 is 0. The van der Waals surface area contributed by atoms with Gasteiger partial charge in [-0.05, 0) is 12.8 Å². The molecule has 8 heteroatoms. The van der Waals surface area contributed by atoms with Crippen molar-refractivity contribution in [3.05, 3.63) is 18.5 Å². The van der Waals surface area contributed by atoms with Crippen LogP contribution in [0.15, 0.2) is 18.5 Å². The first-order chi connectivity index (χ1) is 10.7. The van der Waals surface area contributed by atoms with Gasteiger partial charge >= 0.3 is 0 Å². The molecule has 2 aliphatic rings. The van der Waals surface area contributed by atoms with E-state index in [0.29, 0.717) is 23.0 Å². The van der Waals surface area contributed by atoms with Crippen molar-refractivity contribution in [3.8, 4) is 0 Å². The van der Waals surface area contributed by atoms with Crippen molar-refractivity contribution >= 4 is 22.9 Å². The van der Waals surface area contributed by atoms with Gasteiger partial charge in [0.1, 0.15) is 0 Å². The Bertz CT molecular complexity index is 738. The number of aromatic nitrogens is 4. The van der Waals surface area contributed by atoms with Crippen molar-refractivity contribution in [3.63, 3.8) is 0 Å². The van der Waals surface area contributed by atoms with Crippen LogP contribution < -0.4 is 11.1 Å². The predicted octanol–water partition coefficient (Wildman–Crippen LogP) is 0.0631. The topological polar surface area (TPSA) is 122 Å². The molecule has 4 rings (SSSR count). The predicted molar refractivity (Wildman–Crippen MR) is 81.1 cm³/mol. The second-order valence-electron chi connectivity index (χ2n) is 5.89. The van der Waals surface area contributed by atoms with E-state index in [0.717, 1.165) is 12.8 Å². The van der Waals surface area contributed by atoms with Crippen molar-refractivity contribution in [1.82, 2.24) is 19.5 Å². The average molecular weight is 302 g/mol. The fourth-order valence-electron chi connectivity index (χ4n) is 2.84. The highest BCUT2D eigenvalue weighted by molar-refractivity contribution is 5.84. The Hall–Kier alpha value is -2.19. The van der Waals surface area contributed by atoms with Crippen LogP contribution in [0, 0.1) is 5.92 Å². The highest BCUT2D eigenvalue weighted by atomic mass is 16.3. The van der Waals surface area contributed by atoms with Crippen LogP contribution in [0.25, 0.3) is 11.2 Å². The zero-order valence-electron chi connectivity index (χ0n) is 11.9. The lowest BCUT2D eigenvalue weighted by atomic mass is 10.1. The monoisotopic (exact) mass is 302 g/mol. The molecule has 0 aliphatic heterocycles. The Labute approximate surface area is 126 Å². The number of rotatable bonds is 4. The van der Waals surface area contributed by atoms with Gasteiger partial charge in [-0.3, -0.25) is 0 Å². The fraction of sp³-hybridized carbons (Fsp3) is 0.500.